The van der Waals surface area contributed by atoms with E-state index >= 15 is 0 Å². The van der Waals surface area contributed by atoms with Crippen molar-refractivity contribution in [2.45, 2.75) is 271 Å². The second kappa shape index (κ2) is 82.0. The fraction of sp³-hybridized carbons (Fsp3) is 0.618. The number of aromatic nitrogens is 2. The van der Waals surface area contributed by atoms with Gasteiger partial charge in [-0.3, -0.25) is 0 Å². The molecule has 422 valence electrons. The fourth-order valence-corrected chi connectivity index (χ4v) is 7.39. The molecular weight excluding hydrogens is 909 g/mol. The minimum atomic E-state index is 1.12. The lowest BCUT2D eigenvalue weighted by Gasteiger charge is -2.13. The molecule has 0 radical (unpaired) electrons. The molecule has 4 aromatic rings. The molecule has 2 aromatic carbocycles. The smallest absolute Gasteiger partial charge is 0.168 e. The number of aryl methyl sites for hydroxylation is 6. The van der Waals surface area contributed by atoms with Crippen LogP contribution in [0.1, 0.15) is 255 Å². The Morgan fingerprint density at radius 3 is 0.681 bits per heavy atom. The van der Waals surface area contributed by atoms with Crippen molar-refractivity contribution in [3.05, 3.63) is 154 Å². The second-order valence-electron chi connectivity index (χ2n) is 14.5. The van der Waals surface area contributed by atoms with E-state index in [2.05, 4.69) is 174 Å². The average Bonchev–Trinajstić information content (AvgIpc) is 3.48. The fourth-order valence-electron chi connectivity index (χ4n) is 5.25. The van der Waals surface area contributed by atoms with Crippen LogP contribution in [0.15, 0.2) is 132 Å². The maximum absolute atomic E-state index is 2.26. The number of fused-ring (bicyclic) bond motifs is 2. The number of rotatable bonds is 9. The van der Waals surface area contributed by atoms with Gasteiger partial charge in [-0.1, -0.05) is 243 Å². The van der Waals surface area contributed by atoms with Gasteiger partial charge in [0.1, 0.15) is 13.1 Å². The zero-order chi connectivity index (χ0) is 57.8. The number of pyridine rings is 2. The maximum atomic E-state index is 2.26. The molecule has 0 spiro atoms. The van der Waals surface area contributed by atoms with Gasteiger partial charge in [0, 0.05) is 48.6 Å². The van der Waals surface area contributed by atoms with Gasteiger partial charge in [-0.15, -0.1) is 0 Å². The molecular formula is C68H130N2S2+2. The minimum absolute atomic E-state index is 1.12. The van der Waals surface area contributed by atoms with Gasteiger partial charge in [0.15, 0.2) is 24.8 Å². The minimum Gasteiger partial charge on any atom is -0.205 e. The Morgan fingerprint density at radius 1 is 0.306 bits per heavy atom. The summed E-state index contributed by atoms with van der Waals surface area (Å²) < 4.78 is 4.49. The van der Waals surface area contributed by atoms with E-state index < -0.39 is 0 Å². The molecule has 0 bridgehead atoms. The van der Waals surface area contributed by atoms with Crippen LogP contribution < -0.4 is 9.13 Å². The first-order chi connectivity index (χ1) is 35.2. The highest BCUT2D eigenvalue weighted by Crippen LogP contribution is 2.23. The lowest BCUT2D eigenvalue weighted by Crippen LogP contribution is -2.32. The van der Waals surface area contributed by atoms with Crippen LogP contribution in [-0.4, -0.2) is 11.5 Å². The van der Waals surface area contributed by atoms with Gasteiger partial charge in [0.2, 0.25) is 0 Å². The highest BCUT2D eigenvalue weighted by Gasteiger charge is 2.07. The summed E-state index contributed by atoms with van der Waals surface area (Å²) in [5.41, 5.74) is 12.0. The molecule has 4 heteroatoms. The van der Waals surface area contributed by atoms with Crippen LogP contribution in [0.4, 0.5) is 0 Å². The molecule has 72 heavy (non-hydrogen) atoms. The number of allylic oxidation sites excluding steroid dienone is 4. The first-order valence-electron chi connectivity index (χ1n) is 29.6. The zero-order valence-electron chi connectivity index (χ0n) is 54.0. The summed E-state index contributed by atoms with van der Waals surface area (Å²) in [7, 11) is 4.00. The van der Waals surface area contributed by atoms with Gasteiger partial charge < -0.3 is 0 Å². The Labute approximate surface area is 465 Å². The quantitative estimate of drug-likeness (QED) is 0.0714. The first kappa shape index (κ1) is 88.6. The van der Waals surface area contributed by atoms with Crippen LogP contribution in [0.25, 0.3) is 0 Å². The molecule has 0 amide bonds. The highest BCUT2D eigenvalue weighted by atomic mass is 33.1. The van der Waals surface area contributed by atoms with Crippen LogP contribution in [0, 0.1) is 0 Å². The predicted octanol–water partition coefficient (Wildman–Crippen LogP) is 23.2. The lowest BCUT2D eigenvalue weighted by atomic mass is 9.92. The second-order valence-corrected chi connectivity index (χ2v) is 17.2. The Morgan fingerprint density at radius 2 is 0.500 bits per heavy atom. The number of benzene rings is 2. The monoisotopic (exact) mass is 1040 g/mol. The number of nitrogens with zero attached hydrogens (tertiary/aromatic N) is 2. The van der Waals surface area contributed by atoms with E-state index in [1.807, 2.05) is 160 Å². The van der Waals surface area contributed by atoms with Gasteiger partial charge in [0.05, 0.1) is 0 Å². The molecule has 2 nitrogen and oxygen atoms in total. The zero-order valence-corrected chi connectivity index (χ0v) is 55.6. The summed E-state index contributed by atoms with van der Waals surface area (Å²) in [5, 5.41) is 0. The van der Waals surface area contributed by atoms with Crippen molar-refractivity contribution in [2.75, 3.05) is 11.5 Å². The average molecular weight is 1040 g/mol. The Hall–Kier alpha value is -3.08. The van der Waals surface area contributed by atoms with Crippen molar-refractivity contribution in [2.24, 2.45) is 0 Å². The third kappa shape index (κ3) is 63.0. The topological polar surface area (TPSA) is 7.76 Å². The van der Waals surface area contributed by atoms with Crippen LogP contribution >= 0.6 is 21.6 Å². The predicted molar refractivity (Wildman–Crippen MR) is 347 cm³/mol. The van der Waals surface area contributed by atoms with Crippen LogP contribution in [0.3, 0.4) is 0 Å². The highest BCUT2D eigenvalue weighted by molar-refractivity contribution is 8.76. The SMILES string of the molecule is CC.CC.CC.CC.CC.CC.CC.CC.CC.CC.CC(C)=C(C)C.CC(C)=C(C)C.c1cc[n+](CCCSSCCC[n+]2ccccc2)cc1.c1ccc2c(c1)CCCC2.c1ccc2c(c1)CCCC2. The standard InChI is InChI=1S/C16H22N2S2.2C10H12.2C6H12.10C2H6/c1-3-9-17(10-4-1)13-7-15-19-20-16-8-14-18-11-5-2-6-12-18;2*1-2-6-10-8-4-3-7-9(10)5-1;2*1-5(2)6(3)4;10*1-2/h1-6,9-12H,7-8,13-16H2;2*1-2,5-6H,3-4,7-8H2;2*1-4H3;10*1-2H3/q+2;;;;;;;;;;;;;;. The summed E-state index contributed by atoms with van der Waals surface area (Å²) >= 11 is 0. The van der Waals surface area contributed by atoms with Gasteiger partial charge in [0.25, 0.3) is 0 Å². The summed E-state index contributed by atoms with van der Waals surface area (Å²) in [6, 6.07) is 30.1. The molecule has 2 aliphatic rings. The summed E-state index contributed by atoms with van der Waals surface area (Å²) in [6.45, 7) is 59.2. The van der Waals surface area contributed by atoms with Crippen molar-refractivity contribution < 1.29 is 9.13 Å². The summed E-state index contributed by atoms with van der Waals surface area (Å²) in [6.07, 6.45) is 21.8. The molecule has 0 aliphatic heterocycles. The van der Waals surface area contributed by atoms with E-state index in [1.165, 1.54) is 98.0 Å². The summed E-state index contributed by atoms with van der Waals surface area (Å²) in [4.78, 5) is 0. The largest absolute Gasteiger partial charge is 0.205 e. The molecule has 6 rings (SSSR count). The molecule has 0 saturated carbocycles. The van der Waals surface area contributed by atoms with Gasteiger partial charge >= 0.3 is 0 Å². The van der Waals surface area contributed by atoms with Crippen molar-refractivity contribution in [3.8, 4) is 0 Å². The van der Waals surface area contributed by atoms with Gasteiger partial charge in [-0.05, 0) is 129 Å². The number of hydrogen-bond donors (Lipinski definition) is 0. The third-order valence-corrected chi connectivity index (χ3v) is 12.0. The van der Waals surface area contributed by atoms with Gasteiger partial charge in [-0.2, -0.15) is 0 Å². The number of hydrogen-bond acceptors (Lipinski definition) is 2. The molecule has 0 fully saturated rings. The van der Waals surface area contributed by atoms with E-state index in [0.717, 1.165) is 13.1 Å². The molecule has 2 heterocycles. The van der Waals surface area contributed by atoms with E-state index in [0.29, 0.717) is 0 Å². The van der Waals surface area contributed by atoms with Crippen LogP contribution in [0.2, 0.25) is 0 Å². The van der Waals surface area contributed by atoms with Crippen LogP contribution in [-0.2, 0) is 38.8 Å². The van der Waals surface area contributed by atoms with Gasteiger partial charge in [-0.25, -0.2) is 9.13 Å². The molecule has 0 N–H and O–H groups in total. The lowest BCUT2D eigenvalue weighted by molar-refractivity contribution is -0.697. The molecule has 2 aliphatic carbocycles. The Kier molecular flexibility index (Phi) is 101. The van der Waals surface area contributed by atoms with E-state index in [1.54, 1.807) is 22.3 Å². The summed E-state index contributed by atoms with van der Waals surface area (Å²) in [5.74, 6) is 2.45. The van der Waals surface area contributed by atoms with E-state index in [9.17, 15) is 0 Å². The third-order valence-electron chi connectivity index (χ3n) is 9.45. The van der Waals surface area contributed by atoms with E-state index in [-0.39, 0.29) is 0 Å². The Balaban J connectivity index is -0.0000000948. The molecule has 0 atom stereocenters. The van der Waals surface area contributed by atoms with Crippen molar-refractivity contribution in [3.63, 3.8) is 0 Å². The van der Waals surface area contributed by atoms with E-state index in [4.69, 9.17) is 0 Å². The van der Waals surface area contributed by atoms with Crippen molar-refractivity contribution in [1.29, 1.82) is 0 Å². The van der Waals surface area contributed by atoms with Crippen molar-refractivity contribution >= 4 is 21.6 Å². The van der Waals surface area contributed by atoms with Crippen LogP contribution in [0.5, 0.6) is 0 Å². The Bertz CT molecular complexity index is 1360. The van der Waals surface area contributed by atoms with Crippen molar-refractivity contribution in [1.82, 2.24) is 0 Å². The molecule has 2 aromatic heterocycles. The molecule has 0 saturated heterocycles. The maximum Gasteiger partial charge on any atom is 0.168 e. The molecule has 0 unspecified atom stereocenters. The normalized spacial score (nSPS) is 9.67. The first-order valence-corrected chi connectivity index (χ1v) is 32.1.